The third-order valence-corrected chi connectivity index (χ3v) is 4.36. The number of aliphatic hydroxyl groups is 1. The monoisotopic (exact) mass is 245 g/mol. The molecule has 5 heteroatoms. The van der Waals surface area contributed by atoms with Crippen molar-refractivity contribution >= 4 is 34.3 Å². The van der Waals surface area contributed by atoms with Crippen molar-refractivity contribution in [1.29, 1.82) is 0 Å². The van der Waals surface area contributed by atoms with Crippen LogP contribution >= 0.6 is 34.3 Å². The molecule has 0 saturated heterocycles. The zero-order valence-electron chi connectivity index (χ0n) is 7.45. The fraction of sp³-hybridized carbons (Fsp3) is 0.222. The van der Waals surface area contributed by atoms with Crippen molar-refractivity contribution in [2.75, 3.05) is 0 Å². The van der Waals surface area contributed by atoms with E-state index in [-0.39, 0.29) is 6.61 Å². The van der Waals surface area contributed by atoms with Crippen LogP contribution in [0.3, 0.4) is 0 Å². The summed E-state index contributed by atoms with van der Waals surface area (Å²) in [6.07, 6.45) is 0. The number of hydrogen-bond donors (Lipinski definition) is 1. The van der Waals surface area contributed by atoms with Crippen LogP contribution in [0.4, 0.5) is 0 Å². The van der Waals surface area contributed by atoms with E-state index in [1.54, 1.807) is 0 Å². The Morgan fingerprint density at radius 2 is 2.21 bits per heavy atom. The van der Waals surface area contributed by atoms with Crippen molar-refractivity contribution in [1.82, 2.24) is 4.98 Å². The summed E-state index contributed by atoms with van der Waals surface area (Å²) in [4.78, 5) is 6.35. The Labute approximate surface area is 94.8 Å². The maximum Gasteiger partial charge on any atom is 0.134 e. The molecule has 0 bridgehead atoms. The van der Waals surface area contributed by atoms with Crippen LogP contribution < -0.4 is 0 Å². The topological polar surface area (TPSA) is 33.1 Å². The first-order chi connectivity index (χ1) is 6.70. The molecule has 14 heavy (non-hydrogen) atoms. The predicted octanol–water partition coefficient (Wildman–Crippen LogP) is 3.33. The SMILES string of the molecule is Cc1nc(-c2ccc(Cl)s2)sc1CO. The van der Waals surface area contributed by atoms with E-state index in [1.807, 2.05) is 19.1 Å². The number of aromatic nitrogens is 1. The van der Waals surface area contributed by atoms with Gasteiger partial charge in [0.05, 0.1) is 26.4 Å². The third-order valence-electron chi connectivity index (χ3n) is 1.82. The Hall–Kier alpha value is -0.420. The number of aryl methyl sites for hydroxylation is 1. The number of aliphatic hydroxyl groups excluding tert-OH is 1. The second kappa shape index (κ2) is 3.98. The second-order valence-corrected chi connectivity index (χ2v) is 5.59. The highest BCUT2D eigenvalue weighted by molar-refractivity contribution is 7.23. The van der Waals surface area contributed by atoms with Crippen LogP contribution in [0, 0.1) is 6.92 Å². The minimum Gasteiger partial charge on any atom is -0.391 e. The van der Waals surface area contributed by atoms with Gasteiger partial charge >= 0.3 is 0 Å². The van der Waals surface area contributed by atoms with Gasteiger partial charge < -0.3 is 5.11 Å². The lowest BCUT2D eigenvalue weighted by Crippen LogP contribution is -1.80. The summed E-state index contributed by atoms with van der Waals surface area (Å²) in [6.45, 7) is 1.96. The van der Waals surface area contributed by atoms with E-state index in [9.17, 15) is 0 Å². The van der Waals surface area contributed by atoms with E-state index in [1.165, 1.54) is 22.7 Å². The molecule has 2 aromatic heterocycles. The Morgan fingerprint density at radius 1 is 1.43 bits per heavy atom. The van der Waals surface area contributed by atoms with Gasteiger partial charge in [-0.2, -0.15) is 0 Å². The number of rotatable bonds is 2. The summed E-state index contributed by atoms with van der Waals surface area (Å²) in [6, 6.07) is 3.81. The zero-order valence-corrected chi connectivity index (χ0v) is 9.84. The Balaban J connectivity index is 2.42. The summed E-state index contributed by atoms with van der Waals surface area (Å²) in [5.74, 6) is 0. The number of thiophene rings is 1. The van der Waals surface area contributed by atoms with E-state index in [4.69, 9.17) is 16.7 Å². The van der Waals surface area contributed by atoms with Crippen LogP contribution in [0.15, 0.2) is 12.1 Å². The molecule has 0 atom stereocenters. The van der Waals surface area contributed by atoms with Crippen LogP contribution in [0.25, 0.3) is 9.88 Å². The van der Waals surface area contributed by atoms with Crippen molar-refractivity contribution in [3.8, 4) is 9.88 Å². The molecule has 0 saturated carbocycles. The molecule has 0 aliphatic rings. The normalized spacial score (nSPS) is 10.8. The van der Waals surface area contributed by atoms with Gasteiger partial charge in [-0.25, -0.2) is 4.98 Å². The maximum atomic E-state index is 9.03. The first-order valence-electron chi connectivity index (χ1n) is 4.03. The average Bonchev–Trinajstić information content (AvgIpc) is 2.71. The second-order valence-electron chi connectivity index (χ2n) is 2.79. The van der Waals surface area contributed by atoms with Crippen LogP contribution in [-0.2, 0) is 6.61 Å². The maximum absolute atomic E-state index is 9.03. The molecule has 2 nitrogen and oxygen atoms in total. The van der Waals surface area contributed by atoms with Crippen molar-refractivity contribution in [2.45, 2.75) is 13.5 Å². The van der Waals surface area contributed by atoms with Crippen molar-refractivity contribution in [2.24, 2.45) is 0 Å². The van der Waals surface area contributed by atoms with Crippen LogP contribution in [-0.4, -0.2) is 10.1 Å². The molecule has 0 spiro atoms. The molecule has 0 fully saturated rings. The standard InChI is InChI=1S/C9H8ClNOS2/c1-5-7(4-12)14-9(11-5)6-2-3-8(10)13-6/h2-3,12H,4H2,1H3. The first kappa shape index (κ1) is 10.1. The molecular formula is C9H8ClNOS2. The summed E-state index contributed by atoms with van der Waals surface area (Å²) in [5.41, 5.74) is 0.900. The quantitative estimate of drug-likeness (QED) is 0.881. The first-order valence-corrected chi connectivity index (χ1v) is 6.04. The molecule has 0 aliphatic carbocycles. The molecule has 0 aromatic carbocycles. The van der Waals surface area contributed by atoms with E-state index in [0.29, 0.717) is 0 Å². The molecule has 74 valence electrons. The van der Waals surface area contributed by atoms with Gasteiger partial charge in [0.1, 0.15) is 5.01 Å². The highest BCUT2D eigenvalue weighted by Gasteiger charge is 2.09. The predicted molar refractivity (Wildman–Crippen MR) is 61.1 cm³/mol. The molecule has 1 N–H and O–H groups in total. The van der Waals surface area contributed by atoms with Gasteiger partial charge in [-0.15, -0.1) is 22.7 Å². The molecular weight excluding hydrogens is 238 g/mol. The lowest BCUT2D eigenvalue weighted by Gasteiger charge is -1.85. The molecule has 2 heterocycles. The average molecular weight is 246 g/mol. The molecule has 0 aliphatic heterocycles. The molecule has 0 radical (unpaired) electrons. The molecule has 0 amide bonds. The summed E-state index contributed by atoms with van der Waals surface area (Å²) >= 11 is 8.86. The van der Waals surface area contributed by atoms with Gasteiger partial charge in [-0.1, -0.05) is 11.6 Å². The van der Waals surface area contributed by atoms with Gasteiger partial charge in [0.15, 0.2) is 0 Å². The minimum absolute atomic E-state index is 0.0581. The summed E-state index contributed by atoms with van der Waals surface area (Å²) in [5, 5.41) is 9.97. The third kappa shape index (κ3) is 1.83. The van der Waals surface area contributed by atoms with Gasteiger partial charge in [0, 0.05) is 0 Å². The highest BCUT2D eigenvalue weighted by atomic mass is 35.5. The zero-order chi connectivity index (χ0) is 10.1. The van der Waals surface area contributed by atoms with E-state index >= 15 is 0 Å². The van der Waals surface area contributed by atoms with Crippen LogP contribution in [0.2, 0.25) is 4.34 Å². The largest absolute Gasteiger partial charge is 0.391 e. The minimum atomic E-state index is 0.0581. The highest BCUT2D eigenvalue weighted by Crippen LogP contribution is 2.34. The van der Waals surface area contributed by atoms with Crippen LogP contribution in [0.5, 0.6) is 0 Å². The summed E-state index contributed by atoms with van der Waals surface area (Å²) < 4.78 is 0.762. The van der Waals surface area contributed by atoms with Crippen LogP contribution in [0.1, 0.15) is 10.6 Å². The molecule has 2 rings (SSSR count). The summed E-state index contributed by atoms with van der Waals surface area (Å²) in [7, 11) is 0. The smallest absolute Gasteiger partial charge is 0.134 e. The van der Waals surface area contributed by atoms with E-state index in [2.05, 4.69) is 4.98 Å². The Morgan fingerprint density at radius 3 is 2.71 bits per heavy atom. The van der Waals surface area contributed by atoms with E-state index in [0.717, 1.165) is 24.8 Å². The van der Waals surface area contributed by atoms with Crippen molar-refractivity contribution in [3.05, 3.63) is 27.0 Å². The Bertz CT molecular complexity index is 449. The number of halogens is 1. The number of hydrogen-bond acceptors (Lipinski definition) is 4. The van der Waals surface area contributed by atoms with E-state index < -0.39 is 0 Å². The Kier molecular flexibility index (Phi) is 2.88. The fourth-order valence-electron chi connectivity index (χ4n) is 1.11. The molecule has 2 aromatic rings. The lowest BCUT2D eigenvalue weighted by atomic mass is 10.4. The van der Waals surface area contributed by atoms with Gasteiger partial charge in [-0.05, 0) is 19.1 Å². The molecule has 0 unspecified atom stereocenters. The van der Waals surface area contributed by atoms with Crippen molar-refractivity contribution in [3.63, 3.8) is 0 Å². The number of thiazole rings is 1. The van der Waals surface area contributed by atoms with Crippen molar-refractivity contribution < 1.29 is 5.11 Å². The number of nitrogens with zero attached hydrogens (tertiary/aromatic N) is 1. The fourth-order valence-corrected chi connectivity index (χ4v) is 3.13. The van der Waals surface area contributed by atoms with Gasteiger partial charge in [0.25, 0.3) is 0 Å². The lowest BCUT2D eigenvalue weighted by molar-refractivity contribution is 0.284. The van der Waals surface area contributed by atoms with Gasteiger partial charge in [-0.3, -0.25) is 0 Å². The van der Waals surface area contributed by atoms with Gasteiger partial charge in [0.2, 0.25) is 0 Å².